The minimum atomic E-state index is -2.51. The van der Waals surface area contributed by atoms with Gasteiger partial charge in [-0.25, -0.2) is 9.59 Å². The molecule has 2 bridgehead atoms. The lowest BCUT2D eigenvalue weighted by atomic mass is 9.44. The predicted molar refractivity (Wildman–Crippen MR) is 297 cm³/mol. The average Bonchev–Trinajstić information content (AvgIpc) is 1.17. The molecule has 4 fully saturated rings. The molecule has 8 rings (SSSR count). The molecule has 1 amide bonds. The van der Waals surface area contributed by atoms with Crippen molar-refractivity contribution in [3.8, 4) is 0 Å². The smallest absolute Gasteiger partial charge is 0.350 e. The number of esters is 5. The van der Waals surface area contributed by atoms with Gasteiger partial charge in [-0.1, -0.05) is 102 Å². The van der Waals surface area contributed by atoms with Crippen molar-refractivity contribution in [3.05, 3.63) is 119 Å². The highest BCUT2D eigenvalue weighted by atomic mass is 33.1. The molecular formula is C60H73NO19S2. The summed E-state index contributed by atoms with van der Waals surface area (Å²) < 4.78 is 37.4. The fourth-order valence-electron chi connectivity index (χ4n) is 12.7. The van der Waals surface area contributed by atoms with E-state index in [9.17, 15) is 54.6 Å². The van der Waals surface area contributed by atoms with Gasteiger partial charge >= 0.3 is 29.8 Å². The molecule has 3 aromatic carbocycles. The van der Waals surface area contributed by atoms with Gasteiger partial charge < -0.3 is 64.4 Å². The van der Waals surface area contributed by atoms with Crippen molar-refractivity contribution in [2.75, 3.05) is 19.0 Å². The van der Waals surface area contributed by atoms with Crippen LogP contribution in [0.3, 0.4) is 0 Å². The normalized spacial score (nSPS) is 32.8. The molecule has 20 nitrogen and oxygen atoms in total. The second-order valence-electron chi connectivity index (χ2n) is 23.5. The van der Waals surface area contributed by atoms with Crippen molar-refractivity contribution >= 4 is 63.1 Å². The summed E-state index contributed by atoms with van der Waals surface area (Å²) in [5.74, 6) is -8.52. The molecule has 3 aromatic rings. The number of carbonyl (C=O) groups is 7. The van der Waals surface area contributed by atoms with Gasteiger partial charge in [0.1, 0.15) is 36.1 Å². The van der Waals surface area contributed by atoms with Crippen molar-refractivity contribution in [2.45, 2.75) is 159 Å². The van der Waals surface area contributed by atoms with E-state index in [1.54, 1.807) is 92.7 Å². The van der Waals surface area contributed by atoms with Crippen molar-refractivity contribution in [3.63, 3.8) is 0 Å². The molecule has 7 N–H and O–H groups in total. The number of carbonyl (C=O) groups excluding carboxylic acids is 7. The summed E-state index contributed by atoms with van der Waals surface area (Å²) in [6.07, 6.45) is -14.9. The van der Waals surface area contributed by atoms with Gasteiger partial charge in [0.2, 0.25) is 6.10 Å². The third-order valence-electron chi connectivity index (χ3n) is 17.6. The molecule has 4 aliphatic carbocycles. The summed E-state index contributed by atoms with van der Waals surface area (Å²) in [5.41, 5.74) is -9.10. The van der Waals surface area contributed by atoms with Crippen LogP contribution in [0.2, 0.25) is 0 Å². The Morgan fingerprint density at radius 1 is 0.805 bits per heavy atom. The third kappa shape index (κ3) is 11.6. The molecule has 16 atom stereocenters. The molecular weight excluding hydrogens is 1100 g/mol. The number of ether oxygens (including phenoxy) is 6. The highest BCUT2D eigenvalue weighted by Crippen LogP contribution is 2.64. The fourth-order valence-corrected chi connectivity index (χ4v) is 15.8. The van der Waals surface area contributed by atoms with E-state index >= 15 is 9.59 Å². The van der Waals surface area contributed by atoms with Crippen LogP contribution in [0.5, 0.6) is 0 Å². The number of amides is 1. The van der Waals surface area contributed by atoms with Gasteiger partial charge in [0.15, 0.2) is 17.5 Å². The number of ketones is 1. The van der Waals surface area contributed by atoms with Crippen LogP contribution in [0.1, 0.15) is 113 Å². The molecule has 1 aliphatic heterocycles. The Hall–Kier alpha value is -5.69. The Balaban J connectivity index is 1.22. The van der Waals surface area contributed by atoms with Gasteiger partial charge in [-0.15, -0.1) is 0 Å². The third-order valence-corrected chi connectivity index (χ3v) is 20.5. The lowest BCUT2D eigenvalue weighted by Gasteiger charge is -2.67. The molecule has 22 heteroatoms. The first-order valence-corrected chi connectivity index (χ1v) is 29.7. The first-order valence-electron chi connectivity index (χ1n) is 27.3. The fraction of sp³-hybridized carbons (Fsp3) is 0.550. The molecule has 444 valence electrons. The van der Waals surface area contributed by atoms with Crippen LogP contribution in [0.4, 0.5) is 0 Å². The summed E-state index contributed by atoms with van der Waals surface area (Å²) >= 11 is 0. The molecule has 1 heterocycles. The first-order chi connectivity index (χ1) is 38.6. The number of rotatable bonds is 18. The van der Waals surface area contributed by atoms with E-state index < -0.39 is 160 Å². The molecule has 3 saturated carbocycles. The van der Waals surface area contributed by atoms with Crippen LogP contribution in [-0.2, 0) is 52.4 Å². The number of hydrogen-bond acceptors (Lipinski definition) is 21. The monoisotopic (exact) mass is 1180 g/mol. The van der Waals surface area contributed by atoms with E-state index in [2.05, 4.69) is 5.32 Å². The molecule has 5 aliphatic rings. The van der Waals surface area contributed by atoms with Crippen LogP contribution in [0, 0.1) is 28.1 Å². The van der Waals surface area contributed by atoms with Crippen LogP contribution < -0.4 is 5.32 Å². The maximum absolute atomic E-state index is 15.9. The Kier molecular flexibility index (Phi) is 18.6. The summed E-state index contributed by atoms with van der Waals surface area (Å²) in [5, 5.41) is 70.1. The molecule has 0 unspecified atom stereocenters. The largest absolute Gasteiger partial charge is 0.455 e. The van der Waals surface area contributed by atoms with E-state index in [0.717, 1.165) is 13.8 Å². The van der Waals surface area contributed by atoms with Gasteiger partial charge in [0.25, 0.3) is 5.91 Å². The van der Waals surface area contributed by atoms with Gasteiger partial charge in [0, 0.05) is 61.2 Å². The van der Waals surface area contributed by atoms with Gasteiger partial charge in [-0.05, 0) is 81.5 Å². The van der Waals surface area contributed by atoms with Gasteiger partial charge in [-0.2, -0.15) is 0 Å². The zero-order valence-corrected chi connectivity index (χ0v) is 48.6. The second kappa shape index (κ2) is 24.5. The summed E-state index contributed by atoms with van der Waals surface area (Å²) in [6, 6.07) is 22.5. The second-order valence-corrected chi connectivity index (χ2v) is 26.2. The molecule has 0 radical (unpaired) electrons. The van der Waals surface area contributed by atoms with Gasteiger partial charge in [-0.3, -0.25) is 24.0 Å². The molecule has 82 heavy (non-hydrogen) atoms. The topological polar surface area (TPSA) is 308 Å². The molecule has 0 spiro atoms. The number of nitrogens with one attached hydrogen (secondary N) is 1. The lowest BCUT2D eigenvalue weighted by molar-refractivity contribution is -0.346. The summed E-state index contributed by atoms with van der Waals surface area (Å²) in [6.45, 7) is 10.6. The summed E-state index contributed by atoms with van der Waals surface area (Å²) in [4.78, 5) is 102. The number of fused-ring (bicyclic) bond motifs is 5. The Morgan fingerprint density at radius 2 is 1.41 bits per heavy atom. The number of hydrogen-bond donors (Lipinski definition) is 7. The Morgan fingerprint density at radius 3 is 1.99 bits per heavy atom. The van der Waals surface area contributed by atoms with Crippen LogP contribution in [0.15, 0.2) is 102 Å². The molecule has 0 aromatic heterocycles. The van der Waals surface area contributed by atoms with Crippen LogP contribution in [0.25, 0.3) is 0 Å². The summed E-state index contributed by atoms with van der Waals surface area (Å²) in [7, 11) is 2.50. The zero-order chi connectivity index (χ0) is 59.9. The van der Waals surface area contributed by atoms with Crippen molar-refractivity contribution in [1.82, 2.24) is 5.32 Å². The van der Waals surface area contributed by atoms with Crippen LogP contribution in [-0.4, -0.2) is 163 Å². The number of aliphatic hydroxyl groups excluding tert-OH is 5. The number of Topliss-reactive ketones (excluding diaryl/α,β-unsaturated/α-hetero) is 1. The highest BCUT2D eigenvalue weighted by Gasteiger charge is 2.78. The zero-order valence-electron chi connectivity index (χ0n) is 46.9. The predicted octanol–water partition coefficient (Wildman–Crippen LogP) is 4.55. The van der Waals surface area contributed by atoms with E-state index in [1.165, 1.54) is 61.4 Å². The minimum Gasteiger partial charge on any atom is -0.455 e. The van der Waals surface area contributed by atoms with Crippen molar-refractivity contribution in [2.24, 2.45) is 28.1 Å². The quantitative estimate of drug-likeness (QED) is 0.0302. The minimum absolute atomic E-state index is 0.0241. The first kappa shape index (κ1) is 62.4. The number of aliphatic hydroxyl groups is 6. The van der Waals surface area contributed by atoms with Gasteiger partial charge in [0.05, 0.1) is 47.2 Å². The van der Waals surface area contributed by atoms with E-state index in [0.29, 0.717) is 5.56 Å². The Labute approximate surface area is 483 Å². The van der Waals surface area contributed by atoms with E-state index in [4.69, 9.17) is 28.4 Å². The maximum Gasteiger partial charge on any atom is 0.350 e. The SMILES string of the molecule is CC(=O)O[C@H]1C(=O)[C@@]2(C)[C@H]([C@H](OC(=O)c3ccccc3)[C@]3(O)C[C@H](OC(=O)[C@H](OC(=O)C(C)(C)CCSS[C@@H]4C[C@H](CO)[C@@H](O)[C@H](O)[C@H]4O)[C@@H](NC(=O)c4ccccc4)c4ccccc4)C(C)=C1C3(C)C)[C@]1(OC(C)=O)CO[C@@H]1C[C@@H]2O. The lowest BCUT2D eigenvalue weighted by Crippen LogP contribution is -2.82. The van der Waals surface area contributed by atoms with Crippen molar-refractivity contribution < 1.29 is 92.6 Å². The van der Waals surface area contributed by atoms with E-state index in [-0.39, 0.29) is 53.9 Å². The highest BCUT2D eigenvalue weighted by molar-refractivity contribution is 8.76. The van der Waals surface area contributed by atoms with E-state index in [1.807, 2.05) is 0 Å². The maximum atomic E-state index is 15.9. The number of benzene rings is 3. The van der Waals surface area contributed by atoms with Crippen LogP contribution >= 0.6 is 21.6 Å². The average molecular weight is 1180 g/mol. The molecule has 1 saturated heterocycles. The Bertz CT molecular complexity index is 2910. The van der Waals surface area contributed by atoms with Crippen molar-refractivity contribution in [1.29, 1.82) is 0 Å². The standard InChI is InChI=1S/C60H73NO19S2/c1-31-38(28-60(74)51(79-53(71)36-22-16-11-17-23-36)49-58(8,40(65)27-41-59(49,30-75-41)80-33(3)64)50(69)47(76-32(2)63)42(31)57(60,6)7)77-54(72)48(43(34-18-12-9-13-19-34)61-52(70)35-20-14-10-15-21-35)78-55(73)56(4,5)24-25-81-82-39-26-37(29-62)44(66)46(68)45(39)67/h9-23,37-41,43-49,51,62,65-68,74H,24-30H2,1-8H3,(H,61,70)/t37-,38+,39-,40+,41-,43+,44-,45+,46+,47-,48-,49+,51+,58-,59+,60-/m1/s1.